The van der Waals surface area contributed by atoms with Crippen LogP contribution in [0.2, 0.25) is 0 Å². The minimum atomic E-state index is 0.933. The normalized spacial score (nSPS) is 13.8. The lowest BCUT2D eigenvalue weighted by atomic mass is 11.9. The molecule has 0 rings (SSSR count). The van der Waals surface area contributed by atoms with Gasteiger partial charge in [-0.1, -0.05) is 0 Å². The van der Waals surface area contributed by atoms with E-state index in [1.54, 1.807) is 0 Å². The fourth-order valence-corrected chi connectivity index (χ4v) is 0. The molecule has 0 saturated carbocycles. The highest BCUT2D eigenvalue weighted by molar-refractivity contribution is 7.86. The predicted octanol–water partition coefficient (Wildman–Crippen LogP) is 1.18. The molecule has 4 heavy (non-hydrogen) atoms. The molecule has 0 aliphatic carbocycles. The Bertz CT molecular complexity index is 17.1. The molecule has 1 atom stereocenters. The fraction of sp³-hybridized carbons (Fsp3) is 1.00. The van der Waals surface area contributed by atoms with E-state index in [9.17, 15) is 0 Å². The van der Waals surface area contributed by atoms with Crippen LogP contribution >= 0.6 is 21.1 Å². The van der Waals surface area contributed by atoms with Crippen LogP contribution in [0.15, 0.2) is 0 Å². The van der Waals surface area contributed by atoms with Crippen molar-refractivity contribution in [1.29, 1.82) is 1.12 Å². The van der Waals surface area contributed by atoms with Crippen LogP contribution in [0.25, 0.3) is 0 Å². The SMILES string of the molecule is [2H]SCPC. The zero-order chi connectivity index (χ0) is 4.12. The first-order valence-corrected chi connectivity index (χ1v) is 3.43. The van der Waals surface area contributed by atoms with Gasteiger partial charge in [-0.25, -0.2) is 0 Å². The Balaban J connectivity index is 2.19. The zero-order valence-corrected chi connectivity index (χ0v) is 4.43. The van der Waals surface area contributed by atoms with Gasteiger partial charge in [0.1, 0.15) is 1.12 Å². The van der Waals surface area contributed by atoms with Crippen molar-refractivity contribution in [3.05, 3.63) is 0 Å². The van der Waals surface area contributed by atoms with Crippen LogP contribution in [0.3, 0.4) is 0 Å². The third-order valence-electron chi connectivity index (χ3n) is 0.144. The standard InChI is InChI=1S/C2H7PS/c1-3-2-4/h3-4H,2H2,1H3/i/hD. The molecule has 0 aromatic heterocycles. The van der Waals surface area contributed by atoms with Crippen molar-refractivity contribution in [2.45, 2.75) is 0 Å². The zero-order valence-electron chi connectivity index (χ0n) is 3.62. The maximum Gasteiger partial charge on any atom is 0.103 e. The van der Waals surface area contributed by atoms with Crippen LogP contribution in [0.4, 0.5) is 0 Å². The first-order chi connectivity index (χ1) is 2.41. The summed E-state index contributed by atoms with van der Waals surface area (Å²) >= 11 is 1.16. The van der Waals surface area contributed by atoms with E-state index in [2.05, 4.69) is 6.66 Å². The molecule has 2 heteroatoms. The van der Waals surface area contributed by atoms with Crippen molar-refractivity contribution >= 4 is 21.1 Å². The van der Waals surface area contributed by atoms with Gasteiger partial charge in [-0.2, -0.15) is 12.5 Å². The van der Waals surface area contributed by atoms with Crippen molar-refractivity contribution < 1.29 is 0 Å². The molecule has 0 nitrogen and oxygen atoms in total. The van der Waals surface area contributed by atoms with Crippen LogP contribution in [-0.2, 0) is 0 Å². The molecule has 0 bridgehead atoms. The van der Waals surface area contributed by atoms with Gasteiger partial charge in [0.15, 0.2) is 0 Å². The summed E-state index contributed by atoms with van der Waals surface area (Å²) in [7, 11) is 0.933. The van der Waals surface area contributed by atoms with E-state index in [-0.39, 0.29) is 0 Å². The minimum Gasteiger partial charge on any atom is -0.175 e. The van der Waals surface area contributed by atoms with E-state index in [4.69, 9.17) is 1.12 Å². The Morgan fingerprint density at radius 2 is 3.25 bits per heavy atom. The Labute approximate surface area is 35.3 Å². The van der Waals surface area contributed by atoms with Gasteiger partial charge in [-0.3, -0.25) is 0 Å². The van der Waals surface area contributed by atoms with Gasteiger partial charge in [-0.15, -0.1) is 8.58 Å². The molecular formula is C2H7PS. The Hall–Kier alpha value is 0.780. The largest absolute Gasteiger partial charge is 0.175 e. The van der Waals surface area contributed by atoms with Crippen LogP contribution < -0.4 is 0 Å². The number of hydrogen-bond donors (Lipinski definition) is 1. The Morgan fingerprint density at radius 1 is 2.50 bits per heavy atom. The van der Waals surface area contributed by atoms with Crippen molar-refractivity contribution in [3.63, 3.8) is 0 Å². The molecule has 0 N–H and O–H groups in total. The third-order valence-corrected chi connectivity index (χ3v) is 1.30. The second-order valence-electron chi connectivity index (χ2n) is 0.498. The molecule has 0 radical (unpaired) electrons. The molecule has 26 valence electrons. The maximum atomic E-state index is 6.53. The van der Waals surface area contributed by atoms with E-state index < -0.39 is 0 Å². The summed E-state index contributed by atoms with van der Waals surface area (Å²) in [5.41, 5.74) is 1.00. The molecule has 0 aliphatic rings. The summed E-state index contributed by atoms with van der Waals surface area (Å²) < 4.78 is 6.53. The lowest BCUT2D eigenvalue weighted by Gasteiger charge is -1.69. The number of thiol groups is 1. The molecule has 0 amide bonds. The van der Waals surface area contributed by atoms with Gasteiger partial charge in [-0.05, 0) is 6.66 Å². The van der Waals surface area contributed by atoms with E-state index in [1.165, 1.54) is 0 Å². The molecule has 0 fully saturated rings. The molecule has 1 unspecified atom stereocenters. The highest BCUT2D eigenvalue weighted by Gasteiger charge is 1.55. The molecule has 0 heterocycles. The van der Waals surface area contributed by atoms with Gasteiger partial charge in [0.05, 0.1) is 0 Å². The highest BCUT2D eigenvalue weighted by atomic mass is 32.1. The quantitative estimate of drug-likeness (QED) is 0.386. The monoisotopic (exact) mass is 95.0 g/mol. The van der Waals surface area contributed by atoms with Gasteiger partial charge >= 0.3 is 0 Å². The van der Waals surface area contributed by atoms with Crippen molar-refractivity contribution in [2.24, 2.45) is 0 Å². The molecule has 0 spiro atoms. The second-order valence-corrected chi connectivity index (χ2v) is 2.36. The van der Waals surface area contributed by atoms with Crippen molar-refractivity contribution in [3.8, 4) is 0 Å². The Morgan fingerprint density at radius 3 is 3.25 bits per heavy atom. The first-order valence-electron chi connectivity index (χ1n) is 1.55. The summed E-state index contributed by atoms with van der Waals surface area (Å²) in [6.07, 6.45) is 0. The van der Waals surface area contributed by atoms with E-state index >= 15 is 0 Å². The Kier molecular flexibility index (Phi) is 2.82. The summed E-state index contributed by atoms with van der Waals surface area (Å²) in [5.74, 6) is 0. The number of hydrogen-bond acceptors (Lipinski definition) is 1. The number of rotatable bonds is 2. The average molecular weight is 95.1 g/mol. The molecular weight excluding hydrogens is 87.1 g/mol. The molecule has 0 aliphatic heterocycles. The minimum absolute atomic E-state index is 0.933. The van der Waals surface area contributed by atoms with E-state index in [0.29, 0.717) is 0 Å². The summed E-state index contributed by atoms with van der Waals surface area (Å²) in [6.45, 7) is 2.10. The van der Waals surface area contributed by atoms with Crippen LogP contribution in [0, 0.1) is 0 Å². The lowest BCUT2D eigenvalue weighted by molar-refractivity contribution is 2.22. The van der Waals surface area contributed by atoms with Crippen LogP contribution in [0.1, 0.15) is 0 Å². The topological polar surface area (TPSA) is 0 Å². The third kappa shape index (κ3) is 2.78. The fourth-order valence-electron chi connectivity index (χ4n) is 0. The highest BCUT2D eigenvalue weighted by Crippen LogP contribution is 2.00. The lowest BCUT2D eigenvalue weighted by Crippen LogP contribution is -1.40. The van der Waals surface area contributed by atoms with Crippen molar-refractivity contribution in [1.82, 2.24) is 0 Å². The van der Waals surface area contributed by atoms with Gasteiger partial charge in [0, 0.05) is 5.49 Å². The molecule has 0 aromatic rings. The average Bonchev–Trinajstić information content (AvgIpc) is 1.41. The summed E-state index contributed by atoms with van der Waals surface area (Å²) in [6, 6.07) is 0. The van der Waals surface area contributed by atoms with Crippen molar-refractivity contribution in [2.75, 3.05) is 12.2 Å². The van der Waals surface area contributed by atoms with Crippen LogP contribution in [0.5, 0.6) is 0 Å². The smallest absolute Gasteiger partial charge is 0.103 e. The van der Waals surface area contributed by atoms with E-state index in [0.717, 1.165) is 26.6 Å². The van der Waals surface area contributed by atoms with Gasteiger partial charge in [0.2, 0.25) is 0 Å². The molecule has 0 aromatic carbocycles. The summed E-state index contributed by atoms with van der Waals surface area (Å²) in [4.78, 5) is 0. The first kappa shape index (κ1) is 2.99. The predicted molar refractivity (Wildman–Crippen MR) is 28.1 cm³/mol. The molecule has 0 saturated heterocycles. The van der Waals surface area contributed by atoms with Gasteiger partial charge in [0.25, 0.3) is 0 Å². The van der Waals surface area contributed by atoms with Gasteiger partial charge < -0.3 is 0 Å². The second kappa shape index (κ2) is 3.78. The summed E-state index contributed by atoms with van der Waals surface area (Å²) in [5, 5.41) is 0. The van der Waals surface area contributed by atoms with E-state index in [1.807, 2.05) is 0 Å². The van der Waals surface area contributed by atoms with Crippen LogP contribution in [-0.4, -0.2) is 13.3 Å². The maximum absolute atomic E-state index is 6.53.